The van der Waals surface area contributed by atoms with Crippen LogP contribution in [-0.4, -0.2) is 25.2 Å². The predicted molar refractivity (Wildman–Crippen MR) is 105 cm³/mol. The van der Waals surface area contributed by atoms with Crippen molar-refractivity contribution in [1.82, 2.24) is 0 Å². The minimum atomic E-state index is -0.321. The van der Waals surface area contributed by atoms with E-state index in [4.69, 9.17) is 9.47 Å². The molecular weight excluding hydrogens is 328 g/mol. The van der Waals surface area contributed by atoms with Crippen molar-refractivity contribution in [3.63, 3.8) is 0 Å². The largest absolute Gasteiger partial charge is 0.462 e. The van der Waals surface area contributed by atoms with E-state index in [-0.39, 0.29) is 29.7 Å². The topological polar surface area (TPSA) is 52.6 Å². The number of esters is 2. The molecule has 4 heteroatoms. The standard InChI is InChI=1S/C22H38O4/c1-6-7-8-13-19(21(23)25-14-16(2)3)20(18-11-9-10-12-18)22(24)26-15-17(4)5/h16-18H,6-15H2,1-5H3. The van der Waals surface area contributed by atoms with Gasteiger partial charge in [-0.1, -0.05) is 60.3 Å². The van der Waals surface area contributed by atoms with E-state index in [1.54, 1.807) is 0 Å². The number of hydrogen-bond donors (Lipinski definition) is 0. The Morgan fingerprint density at radius 2 is 1.42 bits per heavy atom. The van der Waals surface area contributed by atoms with Crippen LogP contribution >= 0.6 is 0 Å². The van der Waals surface area contributed by atoms with E-state index in [0.29, 0.717) is 30.8 Å². The van der Waals surface area contributed by atoms with Gasteiger partial charge in [0.1, 0.15) is 0 Å². The molecule has 0 radical (unpaired) electrons. The summed E-state index contributed by atoms with van der Waals surface area (Å²) in [5.74, 6) is 0.0635. The van der Waals surface area contributed by atoms with Crippen molar-refractivity contribution < 1.29 is 19.1 Å². The molecule has 1 rings (SSSR count). The van der Waals surface area contributed by atoms with E-state index >= 15 is 0 Å². The first-order valence-electron chi connectivity index (χ1n) is 10.4. The molecule has 0 aromatic heterocycles. The highest BCUT2D eigenvalue weighted by molar-refractivity contribution is 6.00. The lowest BCUT2D eigenvalue weighted by molar-refractivity contribution is -0.144. The predicted octanol–water partition coefficient (Wildman–Crippen LogP) is 5.45. The van der Waals surface area contributed by atoms with Gasteiger partial charge in [0.05, 0.1) is 18.8 Å². The first-order chi connectivity index (χ1) is 12.4. The second kappa shape index (κ2) is 12.1. The quantitative estimate of drug-likeness (QED) is 0.277. The zero-order valence-corrected chi connectivity index (χ0v) is 17.4. The van der Waals surface area contributed by atoms with Gasteiger partial charge in [-0.15, -0.1) is 0 Å². The maximum Gasteiger partial charge on any atom is 0.334 e. The third kappa shape index (κ3) is 7.92. The Kier molecular flexibility index (Phi) is 10.6. The molecule has 0 amide bonds. The zero-order valence-electron chi connectivity index (χ0n) is 17.4. The Hall–Kier alpha value is -1.32. The second-order valence-corrected chi connectivity index (χ2v) is 8.32. The van der Waals surface area contributed by atoms with Crippen LogP contribution in [0, 0.1) is 17.8 Å². The highest BCUT2D eigenvalue weighted by Crippen LogP contribution is 2.35. The Morgan fingerprint density at radius 1 is 0.885 bits per heavy atom. The van der Waals surface area contributed by atoms with Gasteiger partial charge in [-0.25, -0.2) is 9.59 Å². The molecule has 0 unspecified atom stereocenters. The van der Waals surface area contributed by atoms with Crippen LogP contribution in [0.3, 0.4) is 0 Å². The van der Waals surface area contributed by atoms with E-state index in [1.807, 2.05) is 27.7 Å². The van der Waals surface area contributed by atoms with Gasteiger partial charge in [-0.3, -0.25) is 0 Å². The Balaban J connectivity index is 3.10. The Labute approximate surface area is 159 Å². The van der Waals surface area contributed by atoms with Crippen molar-refractivity contribution in [1.29, 1.82) is 0 Å². The number of carbonyl (C=O) groups is 2. The average molecular weight is 367 g/mol. The molecule has 0 heterocycles. The van der Waals surface area contributed by atoms with Crippen molar-refractivity contribution in [3.8, 4) is 0 Å². The highest BCUT2D eigenvalue weighted by Gasteiger charge is 2.31. The molecule has 0 aliphatic heterocycles. The monoisotopic (exact) mass is 366 g/mol. The van der Waals surface area contributed by atoms with Crippen molar-refractivity contribution in [3.05, 3.63) is 11.1 Å². The molecule has 1 aliphatic rings. The third-order valence-corrected chi connectivity index (χ3v) is 4.68. The van der Waals surface area contributed by atoms with Crippen LogP contribution in [-0.2, 0) is 19.1 Å². The molecule has 0 aromatic carbocycles. The smallest absolute Gasteiger partial charge is 0.334 e. The third-order valence-electron chi connectivity index (χ3n) is 4.68. The summed E-state index contributed by atoms with van der Waals surface area (Å²) in [6.07, 6.45) is 7.75. The van der Waals surface area contributed by atoms with Gasteiger partial charge in [0.15, 0.2) is 0 Å². The molecule has 0 N–H and O–H groups in total. The summed E-state index contributed by atoms with van der Waals surface area (Å²) in [6, 6.07) is 0. The molecule has 26 heavy (non-hydrogen) atoms. The van der Waals surface area contributed by atoms with Crippen molar-refractivity contribution in [2.45, 2.75) is 86.0 Å². The fourth-order valence-corrected chi connectivity index (χ4v) is 3.30. The second-order valence-electron chi connectivity index (χ2n) is 8.32. The number of carbonyl (C=O) groups excluding carboxylic acids is 2. The molecule has 1 fully saturated rings. The lowest BCUT2D eigenvalue weighted by Crippen LogP contribution is -2.23. The molecule has 0 atom stereocenters. The fourth-order valence-electron chi connectivity index (χ4n) is 3.30. The lowest BCUT2D eigenvalue weighted by Gasteiger charge is -2.20. The van der Waals surface area contributed by atoms with Crippen molar-refractivity contribution in [2.75, 3.05) is 13.2 Å². The maximum absolute atomic E-state index is 12.9. The molecule has 1 aliphatic carbocycles. The first kappa shape index (κ1) is 22.7. The first-order valence-corrected chi connectivity index (χ1v) is 10.4. The molecule has 4 nitrogen and oxygen atoms in total. The fraction of sp³-hybridized carbons (Fsp3) is 0.818. The van der Waals surface area contributed by atoms with Gasteiger partial charge < -0.3 is 9.47 Å². The summed E-state index contributed by atoms with van der Waals surface area (Å²) in [5.41, 5.74) is 1.17. The van der Waals surface area contributed by atoms with E-state index in [2.05, 4.69) is 6.92 Å². The normalized spacial score (nSPS) is 16.1. The summed E-state index contributed by atoms with van der Waals surface area (Å²) in [5, 5.41) is 0. The number of rotatable bonds is 11. The van der Waals surface area contributed by atoms with Crippen LogP contribution in [0.25, 0.3) is 0 Å². The SMILES string of the molecule is CCCCCC(C(=O)OCC(C)C)=C(C(=O)OCC(C)C)C1CCCC1. The number of unbranched alkanes of at least 4 members (excludes halogenated alkanes) is 2. The van der Waals surface area contributed by atoms with E-state index in [1.165, 1.54) is 0 Å². The van der Waals surface area contributed by atoms with Gasteiger partial charge in [0.2, 0.25) is 0 Å². The van der Waals surface area contributed by atoms with Crippen molar-refractivity contribution >= 4 is 11.9 Å². The van der Waals surface area contributed by atoms with Gasteiger partial charge in [-0.2, -0.15) is 0 Å². The summed E-state index contributed by atoms with van der Waals surface area (Å²) in [7, 11) is 0. The molecule has 0 bridgehead atoms. The molecule has 1 saturated carbocycles. The van der Waals surface area contributed by atoms with Crippen LogP contribution in [0.15, 0.2) is 11.1 Å². The van der Waals surface area contributed by atoms with Gasteiger partial charge in [-0.05, 0) is 43.4 Å². The van der Waals surface area contributed by atoms with Gasteiger partial charge in [0.25, 0.3) is 0 Å². The molecule has 0 aromatic rings. The van der Waals surface area contributed by atoms with Crippen molar-refractivity contribution in [2.24, 2.45) is 17.8 Å². The summed E-state index contributed by atoms with van der Waals surface area (Å²) in [6.45, 7) is 11.0. The lowest BCUT2D eigenvalue weighted by atomic mass is 9.90. The van der Waals surface area contributed by atoms with Crippen LogP contribution in [0.1, 0.15) is 86.0 Å². The Morgan fingerprint density at radius 3 is 1.92 bits per heavy atom. The van der Waals surface area contributed by atoms with Gasteiger partial charge >= 0.3 is 11.9 Å². The summed E-state index contributed by atoms with van der Waals surface area (Å²) < 4.78 is 11.0. The van der Waals surface area contributed by atoms with Crippen LogP contribution < -0.4 is 0 Å². The molecule has 150 valence electrons. The number of hydrogen-bond acceptors (Lipinski definition) is 4. The van der Waals surface area contributed by atoms with Gasteiger partial charge in [0, 0.05) is 5.57 Å². The molecular formula is C22H38O4. The Bertz CT molecular complexity index is 471. The molecule has 0 saturated heterocycles. The maximum atomic E-state index is 12.9. The highest BCUT2D eigenvalue weighted by atomic mass is 16.5. The minimum Gasteiger partial charge on any atom is -0.462 e. The van der Waals surface area contributed by atoms with Crippen LogP contribution in [0.2, 0.25) is 0 Å². The van der Waals surface area contributed by atoms with E-state index in [0.717, 1.165) is 44.9 Å². The summed E-state index contributed by atoms with van der Waals surface area (Å²) in [4.78, 5) is 25.7. The zero-order chi connectivity index (χ0) is 19.5. The number of ether oxygens (including phenoxy) is 2. The van der Waals surface area contributed by atoms with E-state index in [9.17, 15) is 9.59 Å². The van der Waals surface area contributed by atoms with Crippen LogP contribution in [0.5, 0.6) is 0 Å². The molecule has 0 spiro atoms. The minimum absolute atomic E-state index is 0.137. The average Bonchev–Trinajstić information content (AvgIpc) is 3.11. The summed E-state index contributed by atoms with van der Waals surface area (Å²) >= 11 is 0. The van der Waals surface area contributed by atoms with Crippen LogP contribution in [0.4, 0.5) is 0 Å². The van der Waals surface area contributed by atoms with E-state index < -0.39 is 0 Å².